The first-order valence-corrected chi connectivity index (χ1v) is 7.64. The van der Waals surface area contributed by atoms with Crippen LogP contribution in [0, 0.1) is 0 Å². The van der Waals surface area contributed by atoms with E-state index in [4.69, 9.17) is 4.74 Å². The van der Waals surface area contributed by atoms with Gasteiger partial charge in [-0.1, -0.05) is 50.6 Å². The molecule has 0 radical (unpaired) electrons. The predicted octanol–water partition coefficient (Wildman–Crippen LogP) is 3.34. The predicted molar refractivity (Wildman–Crippen MR) is 80.4 cm³/mol. The highest BCUT2D eigenvalue weighted by atomic mass is 16.6. The van der Waals surface area contributed by atoms with Crippen LogP contribution >= 0.6 is 0 Å². The number of hydrogen-bond acceptors (Lipinski definition) is 3. The molecule has 2 rings (SSSR count). The zero-order valence-corrected chi connectivity index (χ0v) is 12.8. The third-order valence-corrected chi connectivity index (χ3v) is 4.53. The molecule has 0 N–H and O–H groups in total. The second-order valence-electron chi connectivity index (χ2n) is 5.53. The molecule has 3 nitrogen and oxygen atoms in total. The Bertz CT molecular complexity index is 436. The van der Waals surface area contributed by atoms with Crippen molar-refractivity contribution in [2.45, 2.75) is 51.7 Å². The number of ether oxygens (including phenoxy) is 1. The second-order valence-corrected chi connectivity index (χ2v) is 5.53. The Morgan fingerprint density at radius 3 is 2.30 bits per heavy atom. The Balaban J connectivity index is 2.11. The molecule has 0 amide bonds. The van der Waals surface area contributed by atoms with Gasteiger partial charge in [0.05, 0.1) is 5.41 Å². The first-order chi connectivity index (χ1) is 9.64. The van der Waals surface area contributed by atoms with Crippen molar-refractivity contribution in [2.24, 2.45) is 0 Å². The van der Waals surface area contributed by atoms with Crippen LogP contribution < -0.4 is 0 Å². The van der Waals surface area contributed by atoms with Gasteiger partial charge in [0.2, 0.25) is 0 Å². The number of esters is 1. The van der Waals surface area contributed by atoms with Gasteiger partial charge in [0.1, 0.15) is 0 Å². The van der Waals surface area contributed by atoms with E-state index in [1.165, 1.54) is 0 Å². The molecular formula is C17H25NO2. The number of rotatable bonds is 6. The molecule has 3 heteroatoms. The van der Waals surface area contributed by atoms with Gasteiger partial charge in [0.25, 0.3) is 0 Å². The Hall–Kier alpha value is -1.35. The maximum absolute atomic E-state index is 12.6. The number of hydrogen-bond donors (Lipinski definition) is 0. The molecule has 0 spiro atoms. The summed E-state index contributed by atoms with van der Waals surface area (Å²) in [4.78, 5) is 14.8. The van der Waals surface area contributed by atoms with Gasteiger partial charge in [0, 0.05) is 0 Å². The van der Waals surface area contributed by atoms with Gasteiger partial charge in [0.15, 0.2) is 6.23 Å². The summed E-state index contributed by atoms with van der Waals surface area (Å²) >= 11 is 0. The zero-order chi connectivity index (χ0) is 14.6. The molecule has 1 aromatic carbocycles. The lowest BCUT2D eigenvalue weighted by Gasteiger charge is -2.41. The van der Waals surface area contributed by atoms with Gasteiger partial charge in [-0.05, 0) is 38.4 Å². The van der Waals surface area contributed by atoms with Crippen molar-refractivity contribution < 1.29 is 9.53 Å². The lowest BCUT2D eigenvalue weighted by molar-refractivity contribution is -0.168. The standard InChI is InChI=1S/C17H25NO2/c1-4-18(5-2)14(3)20-16(19)17(12-9-13-17)15-10-7-6-8-11-15/h6-8,10-11,14H,4-5,9,12-13H2,1-3H3. The fraction of sp³-hybridized carbons (Fsp3) is 0.588. The fourth-order valence-corrected chi connectivity index (χ4v) is 2.98. The highest BCUT2D eigenvalue weighted by molar-refractivity contribution is 5.84. The molecule has 0 aliphatic heterocycles. The molecular weight excluding hydrogens is 250 g/mol. The molecule has 1 saturated carbocycles. The summed E-state index contributed by atoms with van der Waals surface area (Å²) < 4.78 is 5.74. The van der Waals surface area contributed by atoms with Crippen LogP contribution in [0.5, 0.6) is 0 Å². The lowest BCUT2D eigenvalue weighted by atomic mass is 9.64. The highest BCUT2D eigenvalue weighted by Gasteiger charge is 2.47. The van der Waals surface area contributed by atoms with Crippen LogP contribution in [0.25, 0.3) is 0 Å². The largest absolute Gasteiger partial charge is 0.446 e. The fourth-order valence-electron chi connectivity index (χ4n) is 2.98. The van der Waals surface area contributed by atoms with Crippen LogP contribution in [0.1, 0.15) is 45.6 Å². The minimum Gasteiger partial charge on any atom is -0.446 e. The van der Waals surface area contributed by atoms with Gasteiger partial charge in [-0.15, -0.1) is 0 Å². The van der Waals surface area contributed by atoms with Gasteiger partial charge in [-0.25, -0.2) is 0 Å². The lowest BCUT2D eigenvalue weighted by Crippen LogP contribution is -2.47. The summed E-state index contributed by atoms with van der Waals surface area (Å²) in [6, 6.07) is 10.1. The third-order valence-electron chi connectivity index (χ3n) is 4.53. The maximum Gasteiger partial charge on any atom is 0.318 e. The molecule has 20 heavy (non-hydrogen) atoms. The molecule has 0 bridgehead atoms. The molecule has 1 atom stereocenters. The van der Waals surface area contributed by atoms with Gasteiger partial charge < -0.3 is 4.74 Å². The molecule has 0 aromatic heterocycles. The molecule has 1 unspecified atom stereocenters. The SMILES string of the molecule is CCN(CC)C(C)OC(=O)C1(c2ccccc2)CCC1. The summed E-state index contributed by atoms with van der Waals surface area (Å²) in [7, 11) is 0. The topological polar surface area (TPSA) is 29.5 Å². The number of carbonyl (C=O) groups excluding carboxylic acids is 1. The van der Waals surface area contributed by atoms with E-state index in [9.17, 15) is 4.79 Å². The summed E-state index contributed by atoms with van der Waals surface area (Å²) in [5.41, 5.74) is 0.700. The number of benzene rings is 1. The quantitative estimate of drug-likeness (QED) is 0.589. The summed E-state index contributed by atoms with van der Waals surface area (Å²) in [5.74, 6) is -0.0608. The van der Waals surface area contributed by atoms with Crippen molar-refractivity contribution in [1.29, 1.82) is 0 Å². The molecule has 0 saturated heterocycles. The molecule has 1 aliphatic carbocycles. The van der Waals surface area contributed by atoms with Crippen LogP contribution in [-0.4, -0.2) is 30.2 Å². The minimum absolute atomic E-state index is 0.0608. The highest BCUT2D eigenvalue weighted by Crippen LogP contribution is 2.44. The Morgan fingerprint density at radius 2 is 1.85 bits per heavy atom. The monoisotopic (exact) mass is 275 g/mol. The van der Waals surface area contributed by atoms with Crippen LogP contribution in [0.3, 0.4) is 0 Å². The summed E-state index contributed by atoms with van der Waals surface area (Å²) in [6.07, 6.45) is 2.75. The van der Waals surface area contributed by atoms with Crippen LogP contribution in [0.15, 0.2) is 30.3 Å². The van der Waals surface area contributed by atoms with Crippen molar-refractivity contribution in [3.63, 3.8) is 0 Å². The smallest absolute Gasteiger partial charge is 0.318 e. The normalized spacial score (nSPS) is 18.4. The van der Waals surface area contributed by atoms with Crippen molar-refractivity contribution in [2.75, 3.05) is 13.1 Å². The van der Waals surface area contributed by atoms with Crippen molar-refractivity contribution in [1.82, 2.24) is 4.90 Å². The maximum atomic E-state index is 12.6. The van der Waals surface area contributed by atoms with E-state index in [0.29, 0.717) is 0 Å². The Kier molecular flexibility index (Phi) is 4.81. The van der Waals surface area contributed by atoms with Crippen LogP contribution in [0.4, 0.5) is 0 Å². The number of nitrogens with zero attached hydrogens (tertiary/aromatic N) is 1. The minimum atomic E-state index is -0.400. The zero-order valence-electron chi connectivity index (χ0n) is 12.8. The molecule has 1 aliphatic rings. The molecule has 1 fully saturated rings. The molecule has 110 valence electrons. The van der Waals surface area contributed by atoms with E-state index in [2.05, 4.69) is 18.7 Å². The molecule has 0 heterocycles. The Labute approximate surface area is 121 Å². The second kappa shape index (κ2) is 6.40. The summed E-state index contributed by atoms with van der Waals surface area (Å²) in [5, 5.41) is 0. The average Bonchev–Trinajstić information content (AvgIpc) is 2.40. The molecule has 1 aromatic rings. The third kappa shape index (κ3) is 2.73. The van der Waals surface area contributed by atoms with Crippen LogP contribution in [0.2, 0.25) is 0 Å². The van der Waals surface area contributed by atoms with E-state index < -0.39 is 5.41 Å². The van der Waals surface area contributed by atoms with E-state index in [-0.39, 0.29) is 12.2 Å². The van der Waals surface area contributed by atoms with E-state index in [1.807, 2.05) is 37.3 Å². The number of carbonyl (C=O) groups is 1. The average molecular weight is 275 g/mol. The first-order valence-electron chi connectivity index (χ1n) is 7.64. The summed E-state index contributed by atoms with van der Waals surface area (Å²) in [6.45, 7) is 7.92. The van der Waals surface area contributed by atoms with E-state index >= 15 is 0 Å². The van der Waals surface area contributed by atoms with Crippen LogP contribution in [-0.2, 0) is 14.9 Å². The van der Waals surface area contributed by atoms with Crippen molar-refractivity contribution in [3.05, 3.63) is 35.9 Å². The first kappa shape index (κ1) is 15.0. The van der Waals surface area contributed by atoms with Crippen molar-refractivity contribution >= 4 is 5.97 Å². The van der Waals surface area contributed by atoms with E-state index in [1.54, 1.807) is 0 Å². The Morgan fingerprint density at radius 1 is 1.25 bits per heavy atom. The van der Waals surface area contributed by atoms with E-state index in [0.717, 1.165) is 37.9 Å². The van der Waals surface area contributed by atoms with Crippen molar-refractivity contribution in [3.8, 4) is 0 Å². The van der Waals surface area contributed by atoms with Gasteiger partial charge in [-0.3, -0.25) is 9.69 Å². The van der Waals surface area contributed by atoms with Gasteiger partial charge >= 0.3 is 5.97 Å². The van der Waals surface area contributed by atoms with Gasteiger partial charge in [-0.2, -0.15) is 0 Å².